The van der Waals surface area contributed by atoms with Gasteiger partial charge in [-0.15, -0.1) is 0 Å². The highest BCUT2D eigenvalue weighted by atomic mass is 32.2. The molecule has 0 amide bonds. The summed E-state index contributed by atoms with van der Waals surface area (Å²) in [5.74, 6) is -0.120. The Hall–Kier alpha value is -0.820. The van der Waals surface area contributed by atoms with Gasteiger partial charge in [0.15, 0.2) is 0 Å². The Morgan fingerprint density at radius 3 is 2.44 bits per heavy atom. The minimum Gasteiger partial charge on any atom is -0.409 e. The molecule has 3 N–H and O–H groups in total. The van der Waals surface area contributed by atoms with Crippen LogP contribution < -0.4 is 5.73 Å². The van der Waals surface area contributed by atoms with E-state index >= 15 is 0 Å². The molecule has 0 aromatic heterocycles. The smallest absolute Gasteiger partial charge is 0.214 e. The van der Waals surface area contributed by atoms with Crippen LogP contribution in [-0.4, -0.2) is 42.6 Å². The Morgan fingerprint density at radius 2 is 2.06 bits per heavy atom. The van der Waals surface area contributed by atoms with E-state index in [1.807, 2.05) is 6.92 Å². The molecule has 0 aliphatic heterocycles. The molecule has 0 saturated carbocycles. The average molecular weight is 251 g/mol. The molecule has 0 aliphatic rings. The largest absolute Gasteiger partial charge is 0.409 e. The van der Waals surface area contributed by atoms with Gasteiger partial charge >= 0.3 is 0 Å². The van der Waals surface area contributed by atoms with E-state index in [1.54, 1.807) is 13.8 Å². The van der Waals surface area contributed by atoms with Crippen LogP contribution in [0.3, 0.4) is 0 Å². The van der Waals surface area contributed by atoms with Crippen molar-refractivity contribution in [3.8, 4) is 0 Å². The minimum atomic E-state index is -3.22. The summed E-state index contributed by atoms with van der Waals surface area (Å²) in [7, 11) is -3.22. The van der Waals surface area contributed by atoms with Crippen LogP contribution in [0.4, 0.5) is 0 Å². The van der Waals surface area contributed by atoms with Gasteiger partial charge in [0.1, 0.15) is 5.84 Å². The highest BCUT2D eigenvalue weighted by Crippen LogP contribution is 2.07. The highest BCUT2D eigenvalue weighted by Gasteiger charge is 2.22. The molecule has 1 atom stereocenters. The molecule has 0 spiro atoms. The van der Waals surface area contributed by atoms with Gasteiger partial charge < -0.3 is 10.9 Å². The fraction of sp³-hybridized carbons (Fsp3) is 0.889. The molecule has 0 aromatic rings. The molecular formula is C9H21N3O3S. The van der Waals surface area contributed by atoms with Gasteiger partial charge in [0.2, 0.25) is 10.0 Å². The van der Waals surface area contributed by atoms with Gasteiger partial charge in [-0.05, 0) is 6.42 Å². The third-order valence-electron chi connectivity index (χ3n) is 2.31. The summed E-state index contributed by atoms with van der Waals surface area (Å²) >= 11 is 0. The zero-order valence-corrected chi connectivity index (χ0v) is 10.9. The number of nitrogens with zero attached hydrogens (tertiary/aromatic N) is 2. The lowest BCUT2D eigenvalue weighted by Gasteiger charge is -2.23. The summed E-state index contributed by atoms with van der Waals surface area (Å²) in [5.41, 5.74) is 5.42. The van der Waals surface area contributed by atoms with Gasteiger partial charge in [-0.3, -0.25) is 0 Å². The molecule has 1 unspecified atom stereocenters. The number of rotatable bonds is 7. The van der Waals surface area contributed by atoms with Gasteiger partial charge in [-0.25, -0.2) is 12.7 Å². The lowest BCUT2D eigenvalue weighted by Crippen LogP contribution is -2.39. The average Bonchev–Trinajstić information content (AvgIpc) is 2.23. The molecule has 0 heterocycles. The van der Waals surface area contributed by atoms with Crippen LogP contribution in [0.1, 0.15) is 27.2 Å². The summed E-state index contributed by atoms with van der Waals surface area (Å²) < 4.78 is 24.9. The van der Waals surface area contributed by atoms with Crippen molar-refractivity contribution in [3.05, 3.63) is 0 Å². The summed E-state index contributed by atoms with van der Waals surface area (Å²) in [4.78, 5) is 0. The van der Waals surface area contributed by atoms with Gasteiger partial charge in [-0.1, -0.05) is 25.9 Å². The first kappa shape index (κ1) is 15.2. The Balaban J connectivity index is 4.65. The topological polar surface area (TPSA) is 96.0 Å². The fourth-order valence-corrected chi connectivity index (χ4v) is 2.94. The third kappa shape index (κ3) is 4.36. The van der Waals surface area contributed by atoms with Crippen LogP contribution in [0.15, 0.2) is 5.16 Å². The number of amidine groups is 1. The van der Waals surface area contributed by atoms with Crippen molar-refractivity contribution in [1.29, 1.82) is 0 Å². The minimum absolute atomic E-state index is 0.0464. The van der Waals surface area contributed by atoms with Gasteiger partial charge in [0, 0.05) is 19.0 Å². The van der Waals surface area contributed by atoms with Gasteiger partial charge in [0.25, 0.3) is 0 Å². The van der Waals surface area contributed by atoms with Crippen LogP contribution in [0.25, 0.3) is 0 Å². The summed E-state index contributed by atoms with van der Waals surface area (Å²) in [6.45, 7) is 5.95. The number of sulfonamides is 1. The van der Waals surface area contributed by atoms with Crippen molar-refractivity contribution in [3.63, 3.8) is 0 Å². The fourth-order valence-electron chi connectivity index (χ4n) is 1.32. The van der Waals surface area contributed by atoms with E-state index in [0.717, 1.165) is 0 Å². The quantitative estimate of drug-likeness (QED) is 0.297. The Morgan fingerprint density at radius 1 is 1.50 bits per heavy atom. The van der Waals surface area contributed by atoms with E-state index in [9.17, 15) is 8.42 Å². The van der Waals surface area contributed by atoms with E-state index in [0.29, 0.717) is 13.0 Å². The van der Waals surface area contributed by atoms with Crippen molar-refractivity contribution >= 4 is 15.9 Å². The van der Waals surface area contributed by atoms with E-state index in [4.69, 9.17) is 10.9 Å². The second kappa shape index (κ2) is 6.70. The van der Waals surface area contributed by atoms with Crippen molar-refractivity contribution in [2.45, 2.75) is 27.2 Å². The number of nitrogens with two attached hydrogens (primary N) is 1. The first-order valence-electron chi connectivity index (χ1n) is 5.34. The van der Waals surface area contributed by atoms with Crippen molar-refractivity contribution in [2.75, 3.05) is 18.8 Å². The van der Waals surface area contributed by atoms with Crippen molar-refractivity contribution in [1.82, 2.24) is 4.31 Å². The standard InChI is InChI=1S/C9H21N3O3S/c1-4-6-16(14,15)12(5-2)7-8(3)9(10)11-13/h8,13H,4-7H2,1-3H3,(H2,10,11). The van der Waals surface area contributed by atoms with Crippen molar-refractivity contribution < 1.29 is 13.6 Å². The zero-order chi connectivity index (χ0) is 12.8. The lowest BCUT2D eigenvalue weighted by atomic mass is 10.1. The number of hydrogen-bond acceptors (Lipinski definition) is 4. The Bertz CT molecular complexity index is 327. The van der Waals surface area contributed by atoms with Gasteiger partial charge in [-0.2, -0.15) is 0 Å². The SMILES string of the molecule is CCCS(=O)(=O)N(CC)CC(C)C(N)=NO. The molecule has 0 aliphatic carbocycles. The van der Waals surface area contributed by atoms with E-state index in [2.05, 4.69) is 5.16 Å². The Labute approximate surface area is 97.2 Å². The first-order chi connectivity index (χ1) is 7.38. The van der Waals surface area contributed by atoms with Crippen LogP contribution in [0, 0.1) is 5.92 Å². The molecule has 7 heteroatoms. The number of hydrogen-bond donors (Lipinski definition) is 2. The van der Waals surface area contributed by atoms with Crippen molar-refractivity contribution in [2.24, 2.45) is 16.8 Å². The molecule has 0 rings (SSSR count). The maximum Gasteiger partial charge on any atom is 0.214 e. The number of oxime groups is 1. The summed E-state index contributed by atoms with van der Waals surface area (Å²) in [5, 5.41) is 11.4. The predicted molar refractivity (Wildman–Crippen MR) is 63.9 cm³/mol. The van der Waals surface area contributed by atoms with Crippen LogP contribution in [0.2, 0.25) is 0 Å². The predicted octanol–water partition coefficient (Wildman–Crippen LogP) is 0.431. The second-order valence-corrected chi connectivity index (χ2v) is 5.78. The Kier molecular flexibility index (Phi) is 6.35. The molecule has 0 radical (unpaired) electrons. The molecule has 0 bridgehead atoms. The molecular weight excluding hydrogens is 230 g/mol. The maximum absolute atomic E-state index is 11.8. The van der Waals surface area contributed by atoms with E-state index < -0.39 is 10.0 Å². The third-order valence-corrected chi connectivity index (χ3v) is 4.42. The molecule has 0 saturated heterocycles. The zero-order valence-electron chi connectivity index (χ0n) is 10.0. The monoisotopic (exact) mass is 251 g/mol. The summed E-state index contributed by atoms with van der Waals surface area (Å²) in [6.07, 6.45) is 0.580. The molecule has 0 aromatic carbocycles. The normalized spacial score (nSPS) is 15.4. The highest BCUT2D eigenvalue weighted by molar-refractivity contribution is 7.89. The summed E-state index contributed by atoms with van der Waals surface area (Å²) in [6, 6.07) is 0. The van der Waals surface area contributed by atoms with Crippen LogP contribution in [-0.2, 0) is 10.0 Å². The van der Waals surface area contributed by atoms with Crippen LogP contribution in [0.5, 0.6) is 0 Å². The maximum atomic E-state index is 11.8. The molecule has 96 valence electrons. The van der Waals surface area contributed by atoms with E-state index in [1.165, 1.54) is 4.31 Å². The van der Waals surface area contributed by atoms with Gasteiger partial charge in [0.05, 0.1) is 5.75 Å². The van der Waals surface area contributed by atoms with Crippen LogP contribution >= 0.6 is 0 Å². The first-order valence-corrected chi connectivity index (χ1v) is 6.95. The molecule has 0 fully saturated rings. The second-order valence-electron chi connectivity index (χ2n) is 3.69. The molecule has 6 nitrogen and oxygen atoms in total. The van der Waals surface area contributed by atoms with E-state index in [-0.39, 0.29) is 24.1 Å². The lowest BCUT2D eigenvalue weighted by molar-refractivity contribution is 0.311. The molecule has 16 heavy (non-hydrogen) atoms.